The third-order valence-electron chi connectivity index (χ3n) is 3.73. The molecule has 3 heterocycles. The summed E-state index contributed by atoms with van der Waals surface area (Å²) in [7, 11) is 0. The molecule has 2 aromatic rings. The van der Waals surface area contributed by atoms with Gasteiger partial charge in [-0.05, 0) is 48.7 Å². The molecule has 4 nitrogen and oxygen atoms in total. The van der Waals surface area contributed by atoms with Gasteiger partial charge in [0.15, 0.2) is 5.65 Å². The van der Waals surface area contributed by atoms with Crippen LogP contribution in [0.4, 0.5) is 0 Å². The van der Waals surface area contributed by atoms with E-state index in [0.717, 1.165) is 47.5 Å². The molecule has 2 unspecified atom stereocenters. The fourth-order valence-corrected chi connectivity index (χ4v) is 3.25. The van der Waals surface area contributed by atoms with E-state index in [-0.39, 0.29) is 11.0 Å². The van der Waals surface area contributed by atoms with Crippen molar-refractivity contribution in [2.45, 2.75) is 44.2 Å². The normalized spacial score (nSPS) is 24.4. The molecular weight excluding hydrogens is 342 g/mol. The van der Waals surface area contributed by atoms with E-state index in [0.29, 0.717) is 0 Å². The maximum atomic E-state index is 6.29. The SMILES string of the molecule is CC(Cl)c1nc2cc(Br)cnc2n1CC1(C)CCCO1. The molecule has 0 saturated carbocycles. The second kappa shape index (κ2) is 5.28. The lowest BCUT2D eigenvalue weighted by Crippen LogP contribution is -2.30. The quantitative estimate of drug-likeness (QED) is 0.777. The number of aromatic nitrogens is 3. The minimum Gasteiger partial charge on any atom is -0.373 e. The Labute approximate surface area is 131 Å². The maximum absolute atomic E-state index is 6.29. The van der Waals surface area contributed by atoms with Crippen LogP contribution in [0.5, 0.6) is 0 Å². The molecule has 3 rings (SSSR count). The van der Waals surface area contributed by atoms with Gasteiger partial charge in [0.25, 0.3) is 0 Å². The largest absolute Gasteiger partial charge is 0.373 e. The third kappa shape index (κ3) is 2.59. The Morgan fingerprint density at radius 1 is 1.60 bits per heavy atom. The number of hydrogen-bond acceptors (Lipinski definition) is 3. The van der Waals surface area contributed by atoms with Crippen molar-refractivity contribution in [2.24, 2.45) is 0 Å². The molecule has 0 N–H and O–H groups in total. The maximum Gasteiger partial charge on any atom is 0.160 e. The Kier molecular flexibility index (Phi) is 3.77. The Morgan fingerprint density at radius 3 is 3.05 bits per heavy atom. The van der Waals surface area contributed by atoms with Crippen LogP contribution in [0.2, 0.25) is 0 Å². The molecule has 0 amide bonds. The first-order valence-corrected chi connectivity index (χ1v) is 8.01. The monoisotopic (exact) mass is 357 g/mol. The summed E-state index contributed by atoms with van der Waals surface area (Å²) in [6, 6.07) is 1.97. The number of hydrogen-bond donors (Lipinski definition) is 0. The summed E-state index contributed by atoms with van der Waals surface area (Å²) >= 11 is 9.72. The summed E-state index contributed by atoms with van der Waals surface area (Å²) < 4.78 is 8.92. The first-order valence-electron chi connectivity index (χ1n) is 6.78. The van der Waals surface area contributed by atoms with E-state index in [2.05, 4.69) is 37.4 Å². The Bertz CT molecular complexity index is 635. The van der Waals surface area contributed by atoms with Gasteiger partial charge in [0.05, 0.1) is 17.5 Å². The molecular formula is C14H17BrClN3O. The van der Waals surface area contributed by atoms with Gasteiger partial charge in [-0.25, -0.2) is 9.97 Å². The first-order chi connectivity index (χ1) is 9.48. The molecule has 1 aliphatic heterocycles. The molecule has 6 heteroatoms. The molecule has 0 spiro atoms. The standard InChI is InChI=1S/C14H17BrClN3O/c1-9(16)12-18-11-6-10(15)7-17-13(11)19(12)8-14(2)4-3-5-20-14/h6-7,9H,3-5,8H2,1-2H3. The Morgan fingerprint density at radius 2 is 2.40 bits per heavy atom. The highest BCUT2D eigenvalue weighted by atomic mass is 79.9. The van der Waals surface area contributed by atoms with Gasteiger partial charge in [-0.1, -0.05) is 0 Å². The molecule has 0 aromatic carbocycles. The molecule has 108 valence electrons. The van der Waals surface area contributed by atoms with E-state index in [1.54, 1.807) is 6.20 Å². The van der Waals surface area contributed by atoms with Crippen molar-refractivity contribution < 1.29 is 4.74 Å². The van der Waals surface area contributed by atoms with Gasteiger partial charge < -0.3 is 9.30 Å². The summed E-state index contributed by atoms with van der Waals surface area (Å²) in [6.07, 6.45) is 3.95. The third-order valence-corrected chi connectivity index (χ3v) is 4.36. The number of pyridine rings is 1. The average Bonchev–Trinajstić information content (AvgIpc) is 2.94. The highest BCUT2D eigenvalue weighted by Gasteiger charge is 2.32. The predicted molar refractivity (Wildman–Crippen MR) is 83.1 cm³/mol. The zero-order chi connectivity index (χ0) is 14.3. The molecule has 0 radical (unpaired) electrons. The van der Waals surface area contributed by atoms with Gasteiger partial charge in [0, 0.05) is 17.3 Å². The number of ether oxygens (including phenoxy) is 1. The van der Waals surface area contributed by atoms with Crippen LogP contribution in [0.25, 0.3) is 11.2 Å². The summed E-state index contributed by atoms with van der Waals surface area (Å²) in [5, 5.41) is -0.159. The van der Waals surface area contributed by atoms with Crippen molar-refractivity contribution in [1.82, 2.24) is 14.5 Å². The highest BCUT2D eigenvalue weighted by Crippen LogP contribution is 2.31. The number of alkyl halides is 1. The molecule has 1 saturated heterocycles. The molecule has 1 aliphatic rings. The van der Waals surface area contributed by atoms with Crippen LogP contribution in [-0.4, -0.2) is 26.7 Å². The van der Waals surface area contributed by atoms with E-state index in [1.165, 1.54) is 0 Å². The predicted octanol–water partition coefficient (Wildman–Crippen LogP) is 4.06. The highest BCUT2D eigenvalue weighted by molar-refractivity contribution is 9.10. The Hall–Kier alpha value is -0.650. The zero-order valence-corrected chi connectivity index (χ0v) is 13.9. The van der Waals surface area contributed by atoms with Crippen molar-refractivity contribution in [3.05, 3.63) is 22.6 Å². The van der Waals surface area contributed by atoms with Crippen molar-refractivity contribution in [3.8, 4) is 0 Å². The minimum atomic E-state index is -0.159. The molecule has 2 aromatic heterocycles. The van der Waals surface area contributed by atoms with Crippen LogP contribution in [0.15, 0.2) is 16.7 Å². The number of rotatable bonds is 3. The summed E-state index contributed by atoms with van der Waals surface area (Å²) in [4.78, 5) is 9.13. The zero-order valence-electron chi connectivity index (χ0n) is 11.6. The van der Waals surface area contributed by atoms with Gasteiger partial charge in [-0.15, -0.1) is 11.6 Å². The lowest BCUT2D eigenvalue weighted by molar-refractivity contribution is 0.00638. The summed E-state index contributed by atoms with van der Waals surface area (Å²) in [6.45, 7) is 5.65. The van der Waals surface area contributed by atoms with Crippen LogP contribution in [0.3, 0.4) is 0 Å². The van der Waals surface area contributed by atoms with Gasteiger partial charge in [0.1, 0.15) is 11.3 Å². The van der Waals surface area contributed by atoms with Crippen LogP contribution >= 0.6 is 27.5 Å². The molecule has 20 heavy (non-hydrogen) atoms. The second-order valence-corrected chi connectivity index (χ2v) is 7.14. The van der Waals surface area contributed by atoms with E-state index < -0.39 is 0 Å². The van der Waals surface area contributed by atoms with Crippen molar-refractivity contribution >= 4 is 38.7 Å². The topological polar surface area (TPSA) is 39.9 Å². The number of fused-ring (bicyclic) bond motifs is 1. The molecule has 1 fully saturated rings. The summed E-state index contributed by atoms with van der Waals surface area (Å²) in [5.74, 6) is 0.851. The van der Waals surface area contributed by atoms with Crippen molar-refractivity contribution in [1.29, 1.82) is 0 Å². The van der Waals surface area contributed by atoms with Gasteiger partial charge in [-0.2, -0.15) is 0 Å². The lowest BCUT2D eigenvalue weighted by atomic mass is 10.0. The molecule has 0 aliphatic carbocycles. The van der Waals surface area contributed by atoms with E-state index >= 15 is 0 Å². The lowest BCUT2D eigenvalue weighted by Gasteiger charge is -2.25. The fraction of sp³-hybridized carbons (Fsp3) is 0.571. The van der Waals surface area contributed by atoms with Gasteiger partial charge in [0.2, 0.25) is 0 Å². The van der Waals surface area contributed by atoms with E-state index in [4.69, 9.17) is 16.3 Å². The average molecular weight is 359 g/mol. The number of halogens is 2. The minimum absolute atomic E-state index is 0.150. The van der Waals surface area contributed by atoms with Crippen molar-refractivity contribution in [3.63, 3.8) is 0 Å². The van der Waals surface area contributed by atoms with E-state index in [1.807, 2.05) is 13.0 Å². The van der Waals surface area contributed by atoms with Crippen LogP contribution < -0.4 is 0 Å². The fourth-order valence-electron chi connectivity index (χ4n) is 2.76. The summed E-state index contributed by atoms with van der Waals surface area (Å²) in [5.41, 5.74) is 1.58. The number of nitrogens with zero attached hydrogens (tertiary/aromatic N) is 3. The van der Waals surface area contributed by atoms with Gasteiger partial charge >= 0.3 is 0 Å². The molecule has 2 atom stereocenters. The van der Waals surface area contributed by atoms with Crippen LogP contribution in [0.1, 0.15) is 37.9 Å². The Balaban J connectivity index is 2.09. The van der Waals surface area contributed by atoms with Crippen LogP contribution in [-0.2, 0) is 11.3 Å². The molecule has 0 bridgehead atoms. The second-order valence-electron chi connectivity index (χ2n) is 5.57. The van der Waals surface area contributed by atoms with Gasteiger partial charge in [-0.3, -0.25) is 0 Å². The number of imidazole rings is 1. The van der Waals surface area contributed by atoms with E-state index in [9.17, 15) is 0 Å². The van der Waals surface area contributed by atoms with Crippen molar-refractivity contribution in [2.75, 3.05) is 6.61 Å². The first kappa shape index (κ1) is 14.3. The van der Waals surface area contributed by atoms with Crippen LogP contribution in [0, 0.1) is 0 Å². The smallest absolute Gasteiger partial charge is 0.160 e.